The molecule has 9 nitrogen and oxygen atoms in total. The minimum absolute atomic E-state index is 0. The maximum Gasteiger partial charge on any atom is 0.249 e. The van der Waals surface area contributed by atoms with Crippen molar-refractivity contribution in [3.05, 3.63) is 24.7 Å². The van der Waals surface area contributed by atoms with Crippen LogP contribution in [-0.4, -0.2) is 43.4 Å². The van der Waals surface area contributed by atoms with E-state index in [1.54, 1.807) is 34.2 Å². The van der Waals surface area contributed by atoms with Gasteiger partial charge in [0.2, 0.25) is 11.9 Å². The molecule has 1 saturated heterocycles. The van der Waals surface area contributed by atoms with Gasteiger partial charge in [0.25, 0.3) is 0 Å². The van der Waals surface area contributed by atoms with E-state index in [0.29, 0.717) is 23.9 Å². The van der Waals surface area contributed by atoms with Gasteiger partial charge in [-0.1, -0.05) is 0 Å². The minimum Gasteiger partial charge on any atom is -0.394 e. The first kappa shape index (κ1) is 22.0. The first-order chi connectivity index (χ1) is 13.8. The van der Waals surface area contributed by atoms with E-state index in [1.165, 1.54) is 0 Å². The molecule has 2 aromatic rings. The van der Waals surface area contributed by atoms with Gasteiger partial charge < -0.3 is 10.4 Å². The summed E-state index contributed by atoms with van der Waals surface area (Å²) < 4.78 is 1.67. The van der Waals surface area contributed by atoms with E-state index in [-0.39, 0.29) is 36.9 Å². The Hall–Kier alpha value is -2.70. The molecule has 30 heavy (non-hydrogen) atoms. The van der Waals surface area contributed by atoms with Crippen LogP contribution in [0.3, 0.4) is 0 Å². The van der Waals surface area contributed by atoms with Crippen molar-refractivity contribution in [3.63, 3.8) is 0 Å². The zero-order valence-corrected chi connectivity index (χ0v) is 18.1. The van der Waals surface area contributed by atoms with Gasteiger partial charge in [-0.3, -0.25) is 14.4 Å². The maximum absolute atomic E-state index is 13.2. The number of carbonyl (C=O) groups excluding carboxylic acids is 1. The quantitative estimate of drug-likeness (QED) is 0.721. The summed E-state index contributed by atoms with van der Waals surface area (Å²) in [5.74, 6) is 0.829. The molecule has 1 saturated carbocycles. The van der Waals surface area contributed by atoms with Crippen LogP contribution in [0.2, 0.25) is 0 Å². The van der Waals surface area contributed by atoms with Gasteiger partial charge in [-0.25, -0.2) is 4.98 Å². The summed E-state index contributed by atoms with van der Waals surface area (Å²) in [6.45, 7) is 5.66. The predicted molar refractivity (Wildman–Crippen MR) is 114 cm³/mol. The summed E-state index contributed by atoms with van der Waals surface area (Å²) in [6.07, 6.45) is 7.39. The number of nitrogens with zero attached hydrogens (tertiary/aromatic N) is 6. The van der Waals surface area contributed by atoms with Crippen LogP contribution in [0.5, 0.6) is 0 Å². The van der Waals surface area contributed by atoms with E-state index in [1.807, 2.05) is 20.8 Å². The van der Waals surface area contributed by atoms with E-state index >= 15 is 0 Å². The normalized spacial score (nSPS) is 23.8. The number of amides is 1. The Labute approximate surface area is 181 Å². The van der Waals surface area contributed by atoms with Crippen LogP contribution in [-0.2, 0) is 10.3 Å². The number of nitrogens with one attached hydrogen (secondary N) is 1. The highest BCUT2D eigenvalue weighted by Crippen LogP contribution is 2.53. The SMILES string of the molecule is C[C@H]1C[C@](C#N)(C2CC2)C(=O)N1c1ccnc(Nc2cnn(C(C)(C)CO)c2)n1.Cl. The fourth-order valence-electron chi connectivity index (χ4n) is 3.96. The molecule has 1 amide bonds. The number of carbonyl (C=O) groups is 1. The Bertz CT molecular complexity index is 982. The second-order valence-electron chi connectivity index (χ2n) is 8.59. The molecular weight excluding hydrogens is 406 g/mol. The molecule has 160 valence electrons. The number of aromatic nitrogens is 4. The minimum atomic E-state index is -0.922. The molecule has 2 fully saturated rings. The number of aliphatic hydroxyl groups is 1. The fourth-order valence-corrected chi connectivity index (χ4v) is 3.96. The Morgan fingerprint density at radius 3 is 2.80 bits per heavy atom. The van der Waals surface area contributed by atoms with Crippen LogP contribution in [0.15, 0.2) is 24.7 Å². The zero-order chi connectivity index (χ0) is 20.8. The average molecular weight is 432 g/mol. The predicted octanol–water partition coefficient (Wildman–Crippen LogP) is 2.61. The molecule has 2 aromatic heterocycles. The van der Waals surface area contributed by atoms with Crippen LogP contribution in [0.4, 0.5) is 17.5 Å². The van der Waals surface area contributed by atoms with Crippen molar-refractivity contribution < 1.29 is 9.90 Å². The molecule has 0 radical (unpaired) electrons. The largest absolute Gasteiger partial charge is 0.394 e. The first-order valence-corrected chi connectivity index (χ1v) is 9.82. The van der Waals surface area contributed by atoms with E-state index in [2.05, 4.69) is 26.5 Å². The zero-order valence-electron chi connectivity index (χ0n) is 17.2. The molecular formula is C20H26ClN7O2. The van der Waals surface area contributed by atoms with E-state index in [4.69, 9.17) is 0 Å². The third kappa shape index (κ3) is 3.61. The van der Waals surface area contributed by atoms with Gasteiger partial charge in [0.05, 0.1) is 30.1 Å². The molecule has 0 bridgehead atoms. The lowest BCUT2D eigenvalue weighted by Crippen LogP contribution is -2.37. The number of rotatable bonds is 6. The highest BCUT2D eigenvalue weighted by atomic mass is 35.5. The van der Waals surface area contributed by atoms with Crippen molar-refractivity contribution in [3.8, 4) is 6.07 Å². The van der Waals surface area contributed by atoms with Crippen molar-refractivity contribution in [2.45, 2.75) is 51.6 Å². The lowest BCUT2D eigenvalue weighted by Gasteiger charge is -2.22. The van der Waals surface area contributed by atoms with Gasteiger partial charge in [0, 0.05) is 18.4 Å². The van der Waals surface area contributed by atoms with Gasteiger partial charge in [0.1, 0.15) is 11.2 Å². The smallest absolute Gasteiger partial charge is 0.249 e. The van der Waals surface area contributed by atoms with Gasteiger partial charge >= 0.3 is 0 Å². The summed E-state index contributed by atoms with van der Waals surface area (Å²) in [6, 6.07) is 3.91. The van der Waals surface area contributed by atoms with Crippen molar-refractivity contribution in [1.29, 1.82) is 5.26 Å². The molecule has 2 N–H and O–H groups in total. The van der Waals surface area contributed by atoms with E-state index < -0.39 is 11.0 Å². The Kier molecular flexibility index (Phi) is 5.76. The highest BCUT2D eigenvalue weighted by Gasteiger charge is 2.59. The molecule has 10 heteroatoms. The van der Waals surface area contributed by atoms with Gasteiger partial charge in [-0.2, -0.15) is 15.3 Å². The molecule has 1 aliphatic carbocycles. The van der Waals surface area contributed by atoms with Crippen LogP contribution in [0.25, 0.3) is 0 Å². The third-order valence-electron chi connectivity index (χ3n) is 5.87. The number of anilines is 3. The van der Waals surface area contributed by atoms with Crippen molar-refractivity contribution in [1.82, 2.24) is 19.7 Å². The van der Waals surface area contributed by atoms with Crippen molar-refractivity contribution in [2.75, 3.05) is 16.8 Å². The monoisotopic (exact) mass is 431 g/mol. The number of hydrogen-bond donors (Lipinski definition) is 2. The molecule has 2 atom stereocenters. The van der Waals surface area contributed by atoms with Crippen LogP contribution < -0.4 is 10.2 Å². The van der Waals surface area contributed by atoms with Crippen molar-refractivity contribution >= 4 is 35.8 Å². The first-order valence-electron chi connectivity index (χ1n) is 9.82. The molecule has 1 aliphatic heterocycles. The van der Waals surface area contributed by atoms with E-state index in [0.717, 1.165) is 12.8 Å². The molecule has 3 heterocycles. The van der Waals surface area contributed by atoms with Crippen LogP contribution in [0, 0.1) is 22.7 Å². The summed E-state index contributed by atoms with van der Waals surface area (Å²) in [7, 11) is 0. The van der Waals surface area contributed by atoms with Crippen LogP contribution >= 0.6 is 12.4 Å². The second-order valence-corrected chi connectivity index (χ2v) is 8.59. The van der Waals surface area contributed by atoms with E-state index in [9.17, 15) is 15.2 Å². The van der Waals surface area contributed by atoms with Crippen LogP contribution in [0.1, 0.15) is 40.0 Å². The molecule has 0 unspecified atom stereocenters. The summed E-state index contributed by atoms with van der Waals surface area (Å²) in [5.41, 5.74) is -0.771. The highest BCUT2D eigenvalue weighted by molar-refractivity contribution is 6.02. The Morgan fingerprint density at radius 2 is 2.17 bits per heavy atom. The Morgan fingerprint density at radius 1 is 1.43 bits per heavy atom. The number of halogens is 1. The number of nitriles is 1. The average Bonchev–Trinajstić information content (AvgIpc) is 3.39. The van der Waals surface area contributed by atoms with Gasteiger partial charge in [0.15, 0.2) is 0 Å². The van der Waals surface area contributed by atoms with Gasteiger partial charge in [-0.15, -0.1) is 12.4 Å². The summed E-state index contributed by atoms with van der Waals surface area (Å²) in [4.78, 5) is 23.5. The lowest BCUT2D eigenvalue weighted by molar-refractivity contribution is -0.123. The fraction of sp³-hybridized carbons (Fsp3) is 0.550. The standard InChI is InChI=1S/C20H25N7O2.ClH/c1-13-8-20(11-21,14-4-5-14)17(29)27(13)16-6-7-22-18(25-16)24-15-9-23-26(10-15)19(2,3)12-28;/h6-7,9-10,13-14,28H,4-5,8,12H2,1-3H3,(H,22,24,25);1H/t13-,20-;/m0./s1. The third-order valence-corrected chi connectivity index (χ3v) is 5.87. The second kappa shape index (κ2) is 7.85. The lowest BCUT2D eigenvalue weighted by atomic mass is 9.81. The summed E-state index contributed by atoms with van der Waals surface area (Å²) >= 11 is 0. The van der Waals surface area contributed by atoms with Crippen molar-refractivity contribution in [2.24, 2.45) is 11.3 Å². The topological polar surface area (TPSA) is 120 Å². The molecule has 0 spiro atoms. The molecule has 4 rings (SSSR count). The Balaban J connectivity index is 0.00000256. The molecule has 2 aliphatic rings. The van der Waals surface area contributed by atoms with Gasteiger partial charge in [-0.05, 0) is 52.0 Å². The molecule has 0 aromatic carbocycles. The number of aliphatic hydroxyl groups excluding tert-OH is 1. The number of hydrogen-bond acceptors (Lipinski definition) is 7. The maximum atomic E-state index is 13.2. The summed E-state index contributed by atoms with van der Waals surface area (Å²) in [5, 5.41) is 26.6.